The number of carbonyl (C=O) groups excluding carboxylic acids is 1. The van der Waals surface area contributed by atoms with Gasteiger partial charge in [0.05, 0.1) is 35.6 Å². The van der Waals surface area contributed by atoms with Crippen LogP contribution in [0.25, 0.3) is 10.9 Å². The van der Waals surface area contributed by atoms with Gasteiger partial charge in [-0.15, -0.1) is 0 Å². The van der Waals surface area contributed by atoms with E-state index in [1.54, 1.807) is 18.5 Å². The number of fused-ring (bicyclic) bond motifs is 3. The lowest BCUT2D eigenvalue weighted by Gasteiger charge is -2.42. The van der Waals surface area contributed by atoms with E-state index in [1.165, 1.54) is 0 Å². The van der Waals surface area contributed by atoms with Gasteiger partial charge >= 0.3 is 0 Å². The van der Waals surface area contributed by atoms with Crippen molar-refractivity contribution in [2.24, 2.45) is 0 Å². The number of benzene rings is 1. The molecule has 166 valence electrons. The molecule has 0 radical (unpaired) electrons. The lowest BCUT2D eigenvalue weighted by molar-refractivity contribution is 0.0317. The molecule has 1 saturated carbocycles. The molecule has 3 heterocycles. The number of aliphatic hydroxyl groups excluding tert-OH is 1. The van der Waals surface area contributed by atoms with Gasteiger partial charge in [-0.05, 0) is 48.6 Å². The molecule has 1 aromatic carbocycles. The summed E-state index contributed by atoms with van der Waals surface area (Å²) in [6.07, 6.45) is 8.44. The standard InChI is InChI=1S/C25H27ClN4O2/c1-29-15-30(20-7-3-2-4-8-21(20)31)25(32)19-13-17(12-16-9-10-22(26)28-14-16)18-6-5-11-27-23(18)24(19)29/h5-6,9-11,13-14,20-21,31H,2-4,7-8,12,15H2,1H3/t20-,21-/m0/s1. The molecule has 0 spiro atoms. The summed E-state index contributed by atoms with van der Waals surface area (Å²) in [6.45, 7) is 0.458. The van der Waals surface area contributed by atoms with Gasteiger partial charge in [-0.1, -0.05) is 43.0 Å². The van der Waals surface area contributed by atoms with Gasteiger partial charge < -0.3 is 14.9 Å². The topological polar surface area (TPSA) is 69.6 Å². The van der Waals surface area contributed by atoms with Crippen LogP contribution in [0.3, 0.4) is 0 Å². The Morgan fingerprint density at radius 1 is 1.16 bits per heavy atom. The molecule has 1 aliphatic heterocycles. The van der Waals surface area contributed by atoms with E-state index < -0.39 is 6.10 Å². The molecule has 32 heavy (non-hydrogen) atoms. The first-order valence-electron chi connectivity index (χ1n) is 11.2. The van der Waals surface area contributed by atoms with E-state index in [2.05, 4.69) is 20.9 Å². The fraction of sp³-hybridized carbons (Fsp3) is 0.400. The normalized spacial score (nSPS) is 21.5. The molecule has 2 aliphatic rings. The molecule has 0 bridgehead atoms. The Balaban J connectivity index is 1.59. The molecular formula is C25H27ClN4O2. The van der Waals surface area contributed by atoms with Crippen molar-refractivity contribution in [2.45, 2.75) is 50.7 Å². The number of rotatable bonds is 3. The van der Waals surface area contributed by atoms with Crippen molar-refractivity contribution in [3.8, 4) is 0 Å². The molecule has 6 nitrogen and oxygen atoms in total. The van der Waals surface area contributed by atoms with Crippen molar-refractivity contribution in [2.75, 3.05) is 18.6 Å². The van der Waals surface area contributed by atoms with Crippen molar-refractivity contribution in [3.05, 3.63) is 64.6 Å². The van der Waals surface area contributed by atoms with Gasteiger partial charge in [-0.2, -0.15) is 0 Å². The van der Waals surface area contributed by atoms with Crippen LogP contribution in [0.2, 0.25) is 5.15 Å². The van der Waals surface area contributed by atoms with Crippen molar-refractivity contribution in [1.82, 2.24) is 14.9 Å². The number of halogens is 1. The number of carbonyl (C=O) groups is 1. The number of anilines is 1. The van der Waals surface area contributed by atoms with E-state index in [0.717, 1.165) is 59.8 Å². The first-order chi connectivity index (χ1) is 15.5. The fourth-order valence-corrected chi connectivity index (χ4v) is 5.25. The molecule has 1 aliphatic carbocycles. The van der Waals surface area contributed by atoms with Gasteiger partial charge in [0.15, 0.2) is 0 Å². The fourth-order valence-electron chi connectivity index (χ4n) is 5.13. The molecule has 2 aromatic heterocycles. The first kappa shape index (κ1) is 21.2. The average Bonchev–Trinajstić information content (AvgIpc) is 3.01. The second-order valence-electron chi connectivity index (χ2n) is 8.88. The quantitative estimate of drug-likeness (QED) is 0.472. The highest BCUT2D eigenvalue weighted by Crippen LogP contribution is 2.38. The maximum absolute atomic E-state index is 13.7. The maximum atomic E-state index is 13.7. The van der Waals surface area contributed by atoms with Crippen LogP contribution in [0, 0.1) is 0 Å². The van der Waals surface area contributed by atoms with E-state index in [0.29, 0.717) is 23.8 Å². The molecule has 3 aromatic rings. The third-order valence-corrected chi connectivity index (χ3v) is 6.94. The predicted octanol–water partition coefficient (Wildman–Crippen LogP) is 4.42. The number of nitrogens with zero attached hydrogens (tertiary/aromatic N) is 4. The lowest BCUT2D eigenvalue weighted by atomic mass is 9.94. The minimum absolute atomic E-state index is 0.0212. The van der Waals surface area contributed by atoms with Crippen LogP contribution in [0.15, 0.2) is 42.7 Å². The summed E-state index contributed by atoms with van der Waals surface area (Å²) in [5.41, 5.74) is 4.40. The van der Waals surface area contributed by atoms with E-state index in [-0.39, 0.29) is 11.9 Å². The number of aliphatic hydroxyl groups is 1. The largest absolute Gasteiger partial charge is 0.391 e. The summed E-state index contributed by atoms with van der Waals surface area (Å²) < 4.78 is 0. The Hall–Kier alpha value is -2.70. The summed E-state index contributed by atoms with van der Waals surface area (Å²) >= 11 is 5.96. The summed E-state index contributed by atoms with van der Waals surface area (Å²) in [6, 6.07) is 9.58. The zero-order chi connectivity index (χ0) is 22.2. The highest BCUT2D eigenvalue weighted by Gasteiger charge is 2.37. The third kappa shape index (κ3) is 3.82. The molecule has 1 amide bonds. The first-order valence-corrected chi connectivity index (χ1v) is 11.6. The average molecular weight is 451 g/mol. The van der Waals surface area contributed by atoms with Gasteiger partial charge in [0, 0.05) is 24.8 Å². The molecule has 0 unspecified atom stereocenters. The highest BCUT2D eigenvalue weighted by molar-refractivity contribution is 6.29. The minimum Gasteiger partial charge on any atom is -0.391 e. The Labute approximate surface area is 192 Å². The van der Waals surface area contributed by atoms with Crippen LogP contribution in [0.5, 0.6) is 0 Å². The van der Waals surface area contributed by atoms with Crippen molar-refractivity contribution in [1.29, 1.82) is 0 Å². The Kier molecular flexibility index (Phi) is 5.74. The zero-order valence-corrected chi connectivity index (χ0v) is 18.9. The Bertz CT molecular complexity index is 1150. The molecular weight excluding hydrogens is 424 g/mol. The van der Waals surface area contributed by atoms with Crippen LogP contribution >= 0.6 is 11.6 Å². The summed E-state index contributed by atoms with van der Waals surface area (Å²) in [5, 5.41) is 12.2. The predicted molar refractivity (Wildman–Crippen MR) is 126 cm³/mol. The van der Waals surface area contributed by atoms with Crippen molar-refractivity contribution >= 4 is 34.1 Å². The van der Waals surface area contributed by atoms with Gasteiger partial charge in [-0.3, -0.25) is 9.78 Å². The highest BCUT2D eigenvalue weighted by atomic mass is 35.5. The second kappa shape index (κ2) is 8.68. The van der Waals surface area contributed by atoms with E-state index >= 15 is 0 Å². The summed E-state index contributed by atoms with van der Waals surface area (Å²) in [5.74, 6) is -0.0212. The molecule has 7 heteroatoms. The summed E-state index contributed by atoms with van der Waals surface area (Å²) in [7, 11) is 2.00. The van der Waals surface area contributed by atoms with Gasteiger partial charge in [-0.25, -0.2) is 4.98 Å². The van der Waals surface area contributed by atoms with Crippen molar-refractivity contribution in [3.63, 3.8) is 0 Å². The molecule has 1 fully saturated rings. The Morgan fingerprint density at radius 3 is 2.81 bits per heavy atom. The minimum atomic E-state index is -0.477. The number of aromatic nitrogens is 2. The third-order valence-electron chi connectivity index (χ3n) is 6.72. The zero-order valence-electron chi connectivity index (χ0n) is 18.2. The van der Waals surface area contributed by atoms with E-state index in [4.69, 9.17) is 11.6 Å². The number of hydrogen-bond acceptors (Lipinski definition) is 5. The van der Waals surface area contributed by atoms with E-state index in [9.17, 15) is 9.90 Å². The van der Waals surface area contributed by atoms with Crippen LogP contribution in [0.1, 0.15) is 53.6 Å². The second-order valence-corrected chi connectivity index (χ2v) is 9.27. The number of pyridine rings is 2. The molecule has 2 atom stereocenters. The smallest absolute Gasteiger partial charge is 0.257 e. The molecule has 1 N–H and O–H groups in total. The maximum Gasteiger partial charge on any atom is 0.257 e. The van der Waals surface area contributed by atoms with Gasteiger partial charge in [0.25, 0.3) is 5.91 Å². The van der Waals surface area contributed by atoms with Crippen LogP contribution < -0.4 is 4.90 Å². The summed E-state index contributed by atoms with van der Waals surface area (Å²) in [4.78, 5) is 26.6. The van der Waals surface area contributed by atoms with Crippen LogP contribution in [-0.4, -0.2) is 51.7 Å². The number of amides is 1. The monoisotopic (exact) mass is 450 g/mol. The van der Waals surface area contributed by atoms with E-state index in [1.807, 2.05) is 30.1 Å². The lowest BCUT2D eigenvalue weighted by Crippen LogP contribution is -2.53. The Morgan fingerprint density at radius 2 is 2.00 bits per heavy atom. The molecule has 0 saturated heterocycles. The van der Waals surface area contributed by atoms with Crippen LogP contribution in [0.4, 0.5) is 5.69 Å². The van der Waals surface area contributed by atoms with Gasteiger partial charge in [0.1, 0.15) is 5.15 Å². The van der Waals surface area contributed by atoms with Gasteiger partial charge in [0.2, 0.25) is 0 Å². The van der Waals surface area contributed by atoms with Crippen molar-refractivity contribution < 1.29 is 9.90 Å². The number of hydrogen-bond donors (Lipinski definition) is 1. The SMILES string of the molecule is CN1CN([C@H]2CCCCC[C@@H]2O)C(=O)c2cc(Cc3ccc(Cl)nc3)c3cccnc3c21. The van der Waals surface area contributed by atoms with Crippen LogP contribution in [-0.2, 0) is 6.42 Å². The molecule has 5 rings (SSSR count).